The standard InChI is InChI=1S/C9H15NO2/c1-8(12)9-4-2-5-10(9)6-3-7-11/h2,4-5,8,11-12H,3,6-7H2,1H3. The molecule has 2 N–H and O–H groups in total. The Kier molecular flexibility index (Phi) is 3.31. The van der Waals surface area contributed by atoms with E-state index in [9.17, 15) is 5.11 Å². The van der Waals surface area contributed by atoms with E-state index in [4.69, 9.17) is 5.11 Å². The van der Waals surface area contributed by atoms with E-state index in [1.807, 2.05) is 22.9 Å². The second-order valence-corrected chi connectivity index (χ2v) is 2.88. The summed E-state index contributed by atoms with van der Waals surface area (Å²) >= 11 is 0. The smallest absolute Gasteiger partial charge is 0.0911 e. The summed E-state index contributed by atoms with van der Waals surface area (Å²) in [5.41, 5.74) is 0.906. The summed E-state index contributed by atoms with van der Waals surface area (Å²) < 4.78 is 1.96. The minimum absolute atomic E-state index is 0.192. The minimum atomic E-state index is -0.432. The van der Waals surface area contributed by atoms with Gasteiger partial charge in [0.1, 0.15) is 0 Å². The van der Waals surface area contributed by atoms with Gasteiger partial charge < -0.3 is 14.8 Å². The maximum atomic E-state index is 9.31. The van der Waals surface area contributed by atoms with E-state index in [1.54, 1.807) is 6.92 Å². The lowest BCUT2D eigenvalue weighted by atomic mass is 10.3. The van der Waals surface area contributed by atoms with Gasteiger partial charge in [-0.25, -0.2) is 0 Å². The number of nitrogens with zero attached hydrogens (tertiary/aromatic N) is 1. The molecule has 1 heterocycles. The van der Waals surface area contributed by atoms with Crippen molar-refractivity contribution in [3.05, 3.63) is 24.0 Å². The van der Waals surface area contributed by atoms with Crippen LogP contribution in [-0.4, -0.2) is 21.4 Å². The summed E-state index contributed by atoms with van der Waals surface area (Å²) in [6, 6.07) is 3.79. The van der Waals surface area contributed by atoms with Crippen LogP contribution >= 0.6 is 0 Å². The van der Waals surface area contributed by atoms with Crippen LogP contribution in [0.4, 0.5) is 0 Å². The fourth-order valence-electron chi connectivity index (χ4n) is 1.25. The van der Waals surface area contributed by atoms with Crippen molar-refractivity contribution < 1.29 is 10.2 Å². The second kappa shape index (κ2) is 4.28. The third-order valence-electron chi connectivity index (χ3n) is 1.85. The van der Waals surface area contributed by atoms with E-state index >= 15 is 0 Å². The minimum Gasteiger partial charge on any atom is -0.396 e. The summed E-state index contributed by atoms with van der Waals surface area (Å²) in [5, 5.41) is 17.9. The largest absolute Gasteiger partial charge is 0.396 e. The Morgan fingerprint density at radius 2 is 2.33 bits per heavy atom. The van der Waals surface area contributed by atoms with Gasteiger partial charge in [0.05, 0.1) is 6.10 Å². The van der Waals surface area contributed by atoms with E-state index in [0.29, 0.717) is 0 Å². The molecule has 68 valence electrons. The highest BCUT2D eigenvalue weighted by Crippen LogP contribution is 2.12. The van der Waals surface area contributed by atoms with Gasteiger partial charge in [-0.05, 0) is 25.5 Å². The normalized spacial score (nSPS) is 13.2. The van der Waals surface area contributed by atoms with Crippen LogP contribution in [-0.2, 0) is 6.54 Å². The third kappa shape index (κ3) is 2.09. The summed E-state index contributed by atoms with van der Waals surface area (Å²) in [6.45, 7) is 2.70. The molecule has 0 spiro atoms. The lowest BCUT2D eigenvalue weighted by molar-refractivity contribution is 0.187. The predicted octanol–water partition coefficient (Wildman–Crippen LogP) is 0.924. The van der Waals surface area contributed by atoms with Crippen molar-refractivity contribution in [2.75, 3.05) is 6.61 Å². The maximum absolute atomic E-state index is 9.31. The predicted molar refractivity (Wildman–Crippen MR) is 46.8 cm³/mol. The van der Waals surface area contributed by atoms with E-state index in [1.165, 1.54) is 0 Å². The van der Waals surface area contributed by atoms with E-state index in [-0.39, 0.29) is 6.61 Å². The summed E-state index contributed by atoms with van der Waals surface area (Å²) in [6.07, 6.45) is 2.21. The number of aliphatic hydroxyl groups is 2. The molecule has 0 aliphatic heterocycles. The molecule has 0 saturated heterocycles. The molecule has 0 bridgehead atoms. The molecule has 1 unspecified atom stereocenters. The molecule has 1 atom stereocenters. The van der Waals surface area contributed by atoms with Crippen molar-refractivity contribution in [1.29, 1.82) is 0 Å². The number of aliphatic hydroxyl groups excluding tert-OH is 2. The van der Waals surface area contributed by atoms with Crippen molar-refractivity contribution in [3.63, 3.8) is 0 Å². The van der Waals surface area contributed by atoms with Crippen LogP contribution in [0, 0.1) is 0 Å². The molecule has 0 radical (unpaired) electrons. The SMILES string of the molecule is CC(O)c1cccn1CCCO. The second-order valence-electron chi connectivity index (χ2n) is 2.88. The van der Waals surface area contributed by atoms with Crippen LogP contribution in [0.15, 0.2) is 18.3 Å². The molecule has 12 heavy (non-hydrogen) atoms. The van der Waals surface area contributed by atoms with Crippen molar-refractivity contribution in [1.82, 2.24) is 4.57 Å². The monoisotopic (exact) mass is 169 g/mol. The first kappa shape index (κ1) is 9.29. The van der Waals surface area contributed by atoms with Gasteiger partial charge in [0, 0.05) is 25.0 Å². The van der Waals surface area contributed by atoms with Crippen molar-refractivity contribution in [2.24, 2.45) is 0 Å². The molecule has 0 saturated carbocycles. The van der Waals surface area contributed by atoms with Gasteiger partial charge in [0.15, 0.2) is 0 Å². The molecule has 1 aromatic heterocycles. The van der Waals surface area contributed by atoms with E-state index < -0.39 is 6.10 Å². The molecule has 0 amide bonds. The van der Waals surface area contributed by atoms with Crippen LogP contribution in [0.3, 0.4) is 0 Å². The van der Waals surface area contributed by atoms with E-state index in [2.05, 4.69) is 0 Å². The molecule has 3 nitrogen and oxygen atoms in total. The van der Waals surface area contributed by atoms with Gasteiger partial charge in [-0.3, -0.25) is 0 Å². The van der Waals surface area contributed by atoms with Crippen LogP contribution in [0.5, 0.6) is 0 Å². The molecular weight excluding hydrogens is 154 g/mol. The topological polar surface area (TPSA) is 45.4 Å². The molecule has 1 rings (SSSR count). The first-order chi connectivity index (χ1) is 5.75. The summed E-state index contributed by atoms with van der Waals surface area (Å²) in [7, 11) is 0. The van der Waals surface area contributed by atoms with Gasteiger partial charge in [-0.15, -0.1) is 0 Å². The highest BCUT2D eigenvalue weighted by atomic mass is 16.3. The lowest BCUT2D eigenvalue weighted by Gasteiger charge is -2.09. The van der Waals surface area contributed by atoms with Crippen molar-refractivity contribution in [2.45, 2.75) is 26.0 Å². The molecule has 0 aliphatic carbocycles. The molecule has 0 aromatic carbocycles. The van der Waals surface area contributed by atoms with Gasteiger partial charge >= 0.3 is 0 Å². The number of aryl methyl sites for hydroxylation is 1. The number of hydrogen-bond donors (Lipinski definition) is 2. The molecule has 0 aliphatic rings. The zero-order valence-corrected chi connectivity index (χ0v) is 7.27. The Morgan fingerprint density at radius 3 is 2.92 bits per heavy atom. The molecule has 1 aromatic rings. The Balaban J connectivity index is 2.64. The average Bonchev–Trinajstić information content (AvgIpc) is 2.48. The first-order valence-corrected chi connectivity index (χ1v) is 4.19. The Bertz CT molecular complexity index is 230. The van der Waals surface area contributed by atoms with E-state index in [0.717, 1.165) is 18.7 Å². The Hall–Kier alpha value is -0.800. The van der Waals surface area contributed by atoms with Crippen LogP contribution < -0.4 is 0 Å². The zero-order chi connectivity index (χ0) is 8.97. The lowest BCUT2D eigenvalue weighted by Crippen LogP contribution is -2.05. The Labute approximate surface area is 72.3 Å². The van der Waals surface area contributed by atoms with Crippen molar-refractivity contribution >= 4 is 0 Å². The number of hydrogen-bond acceptors (Lipinski definition) is 2. The van der Waals surface area contributed by atoms with Gasteiger partial charge in [0.2, 0.25) is 0 Å². The molecule has 0 fully saturated rings. The van der Waals surface area contributed by atoms with Gasteiger partial charge in [0.25, 0.3) is 0 Å². The van der Waals surface area contributed by atoms with Gasteiger partial charge in [-0.1, -0.05) is 0 Å². The van der Waals surface area contributed by atoms with Gasteiger partial charge in [-0.2, -0.15) is 0 Å². The number of rotatable bonds is 4. The van der Waals surface area contributed by atoms with Crippen molar-refractivity contribution in [3.8, 4) is 0 Å². The van der Waals surface area contributed by atoms with Crippen LogP contribution in [0.25, 0.3) is 0 Å². The zero-order valence-electron chi connectivity index (χ0n) is 7.27. The molecular formula is C9H15NO2. The highest BCUT2D eigenvalue weighted by Gasteiger charge is 2.04. The third-order valence-corrected chi connectivity index (χ3v) is 1.85. The van der Waals surface area contributed by atoms with Crippen LogP contribution in [0.2, 0.25) is 0 Å². The Morgan fingerprint density at radius 1 is 1.58 bits per heavy atom. The number of aromatic nitrogens is 1. The summed E-state index contributed by atoms with van der Waals surface area (Å²) in [5.74, 6) is 0. The quantitative estimate of drug-likeness (QED) is 0.704. The molecule has 3 heteroatoms. The fraction of sp³-hybridized carbons (Fsp3) is 0.556. The fourth-order valence-corrected chi connectivity index (χ4v) is 1.25. The highest BCUT2D eigenvalue weighted by molar-refractivity contribution is 5.09. The average molecular weight is 169 g/mol. The van der Waals surface area contributed by atoms with Crippen LogP contribution in [0.1, 0.15) is 25.1 Å². The first-order valence-electron chi connectivity index (χ1n) is 4.19. The maximum Gasteiger partial charge on any atom is 0.0911 e. The summed E-state index contributed by atoms with van der Waals surface area (Å²) in [4.78, 5) is 0.